The molecule has 0 aromatic rings. The van der Waals surface area contributed by atoms with Gasteiger partial charge in [0.15, 0.2) is 9.84 Å². The van der Waals surface area contributed by atoms with Gasteiger partial charge < -0.3 is 5.32 Å². The van der Waals surface area contributed by atoms with Gasteiger partial charge in [-0.15, -0.1) is 0 Å². The zero-order chi connectivity index (χ0) is 13.5. The molecule has 0 aliphatic heterocycles. The summed E-state index contributed by atoms with van der Waals surface area (Å²) in [6, 6.07) is 0.296. The van der Waals surface area contributed by atoms with Gasteiger partial charge >= 0.3 is 0 Å². The van der Waals surface area contributed by atoms with Crippen LogP contribution in [-0.4, -0.2) is 52.9 Å². The summed E-state index contributed by atoms with van der Waals surface area (Å²) in [6.45, 7) is 4.87. The van der Waals surface area contributed by atoms with E-state index in [4.69, 9.17) is 0 Å². The zero-order valence-electron chi connectivity index (χ0n) is 10.8. The van der Waals surface area contributed by atoms with Crippen LogP contribution in [0.1, 0.15) is 26.7 Å². The van der Waals surface area contributed by atoms with Crippen LogP contribution in [0.15, 0.2) is 0 Å². The average molecular weight is 285 g/mol. The third-order valence-electron chi connectivity index (χ3n) is 2.41. The van der Waals surface area contributed by atoms with Gasteiger partial charge in [0.2, 0.25) is 0 Å². The maximum Gasteiger partial charge on any atom is 0.151 e. The van der Waals surface area contributed by atoms with E-state index in [-0.39, 0.29) is 17.3 Å². The highest BCUT2D eigenvalue weighted by molar-refractivity contribution is 7.94. The average Bonchev–Trinajstić information content (AvgIpc) is 2.14. The predicted molar refractivity (Wildman–Crippen MR) is 70.7 cm³/mol. The molecule has 0 heterocycles. The second-order valence-electron chi connectivity index (χ2n) is 4.38. The summed E-state index contributed by atoms with van der Waals surface area (Å²) in [4.78, 5) is 0. The van der Waals surface area contributed by atoms with Crippen molar-refractivity contribution in [1.29, 1.82) is 0 Å². The fraction of sp³-hybridized carbons (Fsp3) is 1.00. The maximum absolute atomic E-state index is 11.5. The van der Waals surface area contributed by atoms with E-state index in [1.807, 2.05) is 13.8 Å². The van der Waals surface area contributed by atoms with Crippen LogP contribution in [-0.2, 0) is 19.7 Å². The molecule has 1 atom stereocenters. The first-order valence-electron chi connectivity index (χ1n) is 5.78. The van der Waals surface area contributed by atoms with E-state index < -0.39 is 19.7 Å². The Kier molecular flexibility index (Phi) is 7.27. The van der Waals surface area contributed by atoms with Gasteiger partial charge in [-0.1, -0.05) is 6.92 Å². The topological polar surface area (TPSA) is 80.3 Å². The third-order valence-corrected chi connectivity index (χ3v) is 5.35. The monoisotopic (exact) mass is 285 g/mol. The lowest BCUT2D eigenvalue weighted by atomic mass is 10.2. The molecule has 0 aliphatic rings. The summed E-state index contributed by atoms with van der Waals surface area (Å²) in [5, 5.41) is 3.20. The first kappa shape index (κ1) is 16.9. The molecule has 0 bridgehead atoms. The second-order valence-corrected chi connectivity index (χ2v) is 8.95. The van der Waals surface area contributed by atoms with Crippen molar-refractivity contribution < 1.29 is 16.8 Å². The molecule has 7 heteroatoms. The van der Waals surface area contributed by atoms with E-state index in [1.165, 1.54) is 0 Å². The molecule has 1 unspecified atom stereocenters. The van der Waals surface area contributed by atoms with Crippen molar-refractivity contribution in [2.24, 2.45) is 0 Å². The van der Waals surface area contributed by atoms with E-state index in [0.29, 0.717) is 12.5 Å². The van der Waals surface area contributed by atoms with Gasteiger partial charge in [-0.25, -0.2) is 16.8 Å². The van der Waals surface area contributed by atoms with Crippen molar-refractivity contribution in [2.45, 2.75) is 32.7 Å². The molecule has 5 nitrogen and oxygen atoms in total. The Morgan fingerprint density at radius 3 is 2.12 bits per heavy atom. The standard InChI is InChI=1S/C10H23NO4S2/c1-4-11-10(2)6-5-7-17(14,15)9-8-16(3,12)13/h10-11H,4-9H2,1-3H3. The number of nitrogens with one attached hydrogen (secondary N) is 1. The summed E-state index contributed by atoms with van der Waals surface area (Å²) in [5.41, 5.74) is 0. The van der Waals surface area contributed by atoms with E-state index in [9.17, 15) is 16.8 Å². The van der Waals surface area contributed by atoms with Gasteiger partial charge in [0.25, 0.3) is 0 Å². The third kappa shape index (κ3) is 10.7. The van der Waals surface area contributed by atoms with Crippen molar-refractivity contribution in [3.8, 4) is 0 Å². The molecule has 0 saturated carbocycles. The van der Waals surface area contributed by atoms with E-state index in [2.05, 4.69) is 5.32 Å². The molecule has 0 aliphatic carbocycles. The molecule has 0 aromatic carbocycles. The van der Waals surface area contributed by atoms with Crippen molar-refractivity contribution in [1.82, 2.24) is 5.32 Å². The molecule has 104 valence electrons. The first-order valence-corrected chi connectivity index (χ1v) is 9.66. The second kappa shape index (κ2) is 7.33. The SMILES string of the molecule is CCNC(C)CCCS(=O)(=O)CCS(C)(=O)=O. The molecule has 0 fully saturated rings. The quantitative estimate of drug-likeness (QED) is 0.655. The van der Waals surface area contributed by atoms with Crippen LogP contribution in [0.5, 0.6) is 0 Å². The highest BCUT2D eigenvalue weighted by Crippen LogP contribution is 2.02. The van der Waals surface area contributed by atoms with Crippen molar-refractivity contribution >= 4 is 19.7 Å². The summed E-state index contributed by atoms with van der Waals surface area (Å²) in [7, 11) is -6.43. The summed E-state index contributed by atoms with van der Waals surface area (Å²) in [6.07, 6.45) is 2.40. The smallest absolute Gasteiger partial charge is 0.151 e. The number of hydrogen-bond acceptors (Lipinski definition) is 5. The van der Waals surface area contributed by atoms with Crippen LogP contribution in [0.4, 0.5) is 0 Å². The largest absolute Gasteiger partial charge is 0.315 e. The number of sulfone groups is 2. The summed E-state index contributed by atoms with van der Waals surface area (Å²) < 4.78 is 44.8. The highest BCUT2D eigenvalue weighted by Gasteiger charge is 2.14. The minimum atomic E-state index is -3.23. The van der Waals surface area contributed by atoms with Crippen LogP contribution >= 0.6 is 0 Å². The summed E-state index contributed by atoms with van der Waals surface area (Å²) in [5.74, 6) is -0.474. The van der Waals surface area contributed by atoms with Crippen molar-refractivity contribution in [3.63, 3.8) is 0 Å². The Bertz CT molecular complexity index is 400. The lowest BCUT2D eigenvalue weighted by Gasteiger charge is -2.11. The fourth-order valence-corrected chi connectivity index (χ4v) is 4.48. The van der Waals surface area contributed by atoms with Crippen LogP contribution in [0.3, 0.4) is 0 Å². The van der Waals surface area contributed by atoms with Gasteiger partial charge in [0.1, 0.15) is 9.84 Å². The van der Waals surface area contributed by atoms with Crippen molar-refractivity contribution in [3.05, 3.63) is 0 Å². The minimum Gasteiger partial charge on any atom is -0.315 e. The highest BCUT2D eigenvalue weighted by atomic mass is 32.2. The molecular formula is C10H23NO4S2. The lowest BCUT2D eigenvalue weighted by Crippen LogP contribution is -2.26. The lowest BCUT2D eigenvalue weighted by molar-refractivity contribution is 0.521. The van der Waals surface area contributed by atoms with Gasteiger partial charge in [-0.3, -0.25) is 0 Å². The number of hydrogen-bond donors (Lipinski definition) is 1. The van der Waals surface area contributed by atoms with Gasteiger partial charge in [-0.05, 0) is 26.3 Å². The molecule has 0 rings (SSSR count). The van der Waals surface area contributed by atoms with E-state index >= 15 is 0 Å². The summed E-state index contributed by atoms with van der Waals surface area (Å²) >= 11 is 0. The zero-order valence-corrected chi connectivity index (χ0v) is 12.4. The van der Waals surface area contributed by atoms with Crippen molar-refractivity contribution in [2.75, 3.05) is 30.1 Å². The molecule has 0 aromatic heterocycles. The van der Waals surface area contributed by atoms with Crippen LogP contribution < -0.4 is 5.32 Å². The maximum atomic E-state index is 11.5. The van der Waals surface area contributed by atoms with Crippen LogP contribution in [0, 0.1) is 0 Å². The van der Waals surface area contributed by atoms with E-state index in [0.717, 1.165) is 19.2 Å². The fourth-order valence-electron chi connectivity index (χ4n) is 1.44. The predicted octanol–water partition coefficient (Wildman–Crippen LogP) is 0.224. The van der Waals surface area contributed by atoms with Gasteiger partial charge in [0, 0.05) is 12.3 Å². The Morgan fingerprint density at radius 1 is 1.06 bits per heavy atom. The first-order chi connectivity index (χ1) is 7.66. The van der Waals surface area contributed by atoms with Gasteiger partial charge in [0.05, 0.1) is 17.3 Å². The Labute approximate surface area is 105 Å². The Balaban J connectivity index is 3.95. The van der Waals surface area contributed by atoms with Crippen LogP contribution in [0.25, 0.3) is 0 Å². The molecular weight excluding hydrogens is 262 g/mol. The number of rotatable bonds is 9. The van der Waals surface area contributed by atoms with E-state index in [1.54, 1.807) is 0 Å². The molecule has 0 amide bonds. The molecule has 0 spiro atoms. The minimum absolute atomic E-state index is 0.0677. The Hall–Kier alpha value is -0.140. The van der Waals surface area contributed by atoms with Crippen LogP contribution in [0.2, 0.25) is 0 Å². The molecule has 0 saturated heterocycles. The molecule has 1 N–H and O–H groups in total. The molecule has 17 heavy (non-hydrogen) atoms. The Morgan fingerprint density at radius 2 is 1.65 bits per heavy atom. The molecule has 0 radical (unpaired) electrons. The van der Waals surface area contributed by atoms with Gasteiger partial charge in [-0.2, -0.15) is 0 Å². The normalized spacial score (nSPS) is 14.8.